The number of aromatic hydroxyl groups is 1. The van der Waals surface area contributed by atoms with Crippen LogP contribution < -0.4 is 20.1 Å². The number of anilines is 1. The molecule has 42 heavy (non-hydrogen) atoms. The molecule has 3 aliphatic carbocycles. The zero-order valence-corrected chi connectivity index (χ0v) is 23.5. The second-order valence-electron chi connectivity index (χ2n) is 11.6. The van der Waals surface area contributed by atoms with Gasteiger partial charge in [-0.1, -0.05) is 6.07 Å². The molecule has 4 aliphatic rings. The Balaban J connectivity index is 1.56. The first-order chi connectivity index (χ1) is 19.8. The van der Waals surface area contributed by atoms with Crippen molar-refractivity contribution >= 4 is 23.2 Å². The summed E-state index contributed by atoms with van der Waals surface area (Å²) in [6.45, 7) is 0.0624. The molecule has 6 N–H and O–H groups in total. The number of nitrogens with zero attached hydrogens (tertiary/aromatic N) is 2. The number of allylic oxidation sites excluding steroid dienone is 1. The number of aliphatic hydroxyl groups excluding tert-OH is 2. The first-order valence-electron chi connectivity index (χ1n) is 13.4. The van der Waals surface area contributed by atoms with E-state index in [9.17, 15) is 34.8 Å². The maximum atomic E-state index is 14.2. The summed E-state index contributed by atoms with van der Waals surface area (Å²) in [5.74, 6) is -5.84. The number of rotatable bonds is 4. The molecule has 2 aromatic carbocycles. The lowest BCUT2D eigenvalue weighted by Crippen LogP contribution is -2.63. The van der Waals surface area contributed by atoms with Gasteiger partial charge in [0.15, 0.2) is 22.9 Å². The van der Waals surface area contributed by atoms with E-state index in [1.54, 1.807) is 52.5 Å². The summed E-state index contributed by atoms with van der Waals surface area (Å²) in [6, 6.07) is 5.83. The van der Waals surface area contributed by atoms with Crippen LogP contribution in [0.3, 0.4) is 0 Å². The third kappa shape index (κ3) is 3.58. The molecule has 0 saturated carbocycles. The Morgan fingerprint density at radius 2 is 1.74 bits per heavy atom. The largest absolute Gasteiger partial charge is 0.510 e. The minimum absolute atomic E-state index is 0.0172. The van der Waals surface area contributed by atoms with Gasteiger partial charge in [-0.3, -0.25) is 19.3 Å². The smallest absolute Gasteiger partial charge is 0.255 e. The first-order valence-corrected chi connectivity index (χ1v) is 13.4. The number of ether oxygens (including phenoxy) is 2. The second-order valence-corrected chi connectivity index (χ2v) is 11.6. The highest BCUT2D eigenvalue weighted by Crippen LogP contribution is 2.54. The number of ketones is 2. The number of phenolic OH excluding ortho intramolecular Hbond substituents is 1. The minimum atomic E-state index is -2.69. The number of likely N-dealkylation sites (N-methyl/N-ethyl adjacent to an activating group) is 1. The molecule has 2 aromatic rings. The van der Waals surface area contributed by atoms with Gasteiger partial charge in [0.1, 0.15) is 22.8 Å². The number of phenols is 1. The van der Waals surface area contributed by atoms with E-state index >= 15 is 0 Å². The summed E-state index contributed by atoms with van der Waals surface area (Å²) >= 11 is 0. The van der Waals surface area contributed by atoms with Crippen molar-refractivity contribution in [3.05, 3.63) is 58.1 Å². The molecule has 1 aliphatic heterocycles. The maximum absolute atomic E-state index is 14.2. The van der Waals surface area contributed by atoms with Crippen molar-refractivity contribution in [2.75, 3.05) is 39.9 Å². The summed E-state index contributed by atoms with van der Waals surface area (Å²) in [5, 5.41) is 45.9. The Hall–Kier alpha value is -4.55. The summed E-state index contributed by atoms with van der Waals surface area (Å²) < 4.78 is 10.9. The Labute approximate surface area is 240 Å². The van der Waals surface area contributed by atoms with Crippen LogP contribution in [0.25, 0.3) is 11.1 Å². The molecule has 0 spiro atoms. The SMILES string of the molecule is CN(C)c1cc(-c2ccc3c(c2)OCO3)c(O)c2c1C[C@@H]1C[C@@H]3[C@@H](N(C)C)C(O)=C(C(N)=O)C(=O)[C@]3(O)C(O)=C1C2=O. The Kier molecular flexibility index (Phi) is 6.07. The molecule has 12 nitrogen and oxygen atoms in total. The molecule has 0 bridgehead atoms. The van der Waals surface area contributed by atoms with Gasteiger partial charge < -0.3 is 40.5 Å². The van der Waals surface area contributed by atoms with Crippen molar-refractivity contribution in [1.29, 1.82) is 0 Å². The third-order valence-corrected chi connectivity index (χ3v) is 8.86. The van der Waals surface area contributed by atoms with Gasteiger partial charge >= 0.3 is 0 Å². The average Bonchev–Trinajstić information content (AvgIpc) is 3.38. The molecule has 220 valence electrons. The monoisotopic (exact) mass is 577 g/mol. The van der Waals surface area contributed by atoms with Crippen molar-refractivity contribution in [2.45, 2.75) is 24.5 Å². The number of fused-ring (bicyclic) bond motifs is 4. The van der Waals surface area contributed by atoms with Crippen LogP contribution >= 0.6 is 0 Å². The van der Waals surface area contributed by atoms with Gasteiger partial charge in [0.05, 0.1) is 11.6 Å². The van der Waals surface area contributed by atoms with Gasteiger partial charge in [-0.25, -0.2) is 0 Å². The number of carbonyl (C=O) groups is 3. The Bertz CT molecular complexity index is 1660. The van der Waals surface area contributed by atoms with E-state index in [1.165, 1.54) is 4.90 Å². The maximum Gasteiger partial charge on any atom is 0.255 e. The highest BCUT2D eigenvalue weighted by atomic mass is 16.7. The predicted octanol–water partition coefficient (Wildman–Crippen LogP) is 1.58. The van der Waals surface area contributed by atoms with Crippen LogP contribution in [0.2, 0.25) is 0 Å². The number of hydrogen-bond donors (Lipinski definition) is 5. The number of carbonyl (C=O) groups excluding carboxylic acids is 3. The lowest BCUT2D eigenvalue weighted by Gasteiger charge is -2.50. The van der Waals surface area contributed by atoms with Gasteiger partial charge in [-0.15, -0.1) is 0 Å². The normalized spacial score (nSPS) is 26.3. The van der Waals surface area contributed by atoms with Crippen LogP contribution in [0.15, 0.2) is 46.9 Å². The molecule has 6 rings (SSSR count). The summed E-state index contributed by atoms with van der Waals surface area (Å²) in [5.41, 5.74) is 3.69. The van der Waals surface area contributed by atoms with E-state index in [1.807, 2.05) is 4.90 Å². The van der Waals surface area contributed by atoms with Crippen molar-refractivity contribution in [1.82, 2.24) is 4.90 Å². The second kappa shape index (κ2) is 9.23. The van der Waals surface area contributed by atoms with Gasteiger partial charge in [0, 0.05) is 36.8 Å². The van der Waals surface area contributed by atoms with Crippen molar-refractivity contribution in [3.8, 4) is 28.4 Å². The number of Topliss-reactive ketones (excluding diaryl/α,β-unsaturated/α-hetero) is 2. The third-order valence-electron chi connectivity index (χ3n) is 8.86. The minimum Gasteiger partial charge on any atom is -0.510 e. The molecule has 0 fully saturated rings. The number of benzene rings is 2. The standard InChI is InChI=1S/C30H31N3O9/c1-32(2)17-10-14(12-5-6-18-19(9-12)42-11-41-18)24(34)21-15(17)7-13-8-16-23(33(3)4)26(36)22(29(31)39)28(38)30(16,40)27(37)20(13)25(21)35/h5-6,9-10,13,16,23,34,36-37,40H,7-8,11H2,1-4H3,(H2,31,39)/t13-,16-,23-,30-/m1/s1. The molecular formula is C30H31N3O9. The van der Waals surface area contributed by atoms with Gasteiger partial charge in [0.2, 0.25) is 12.6 Å². The zero-order chi connectivity index (χ0) is 30.4. The molecule has 4 atom stereocenters. The van der Waals surface area contributed by atoms with Crippen LogP contribution in [-0.2, 0) is 16.0 Å². The van der Waals surface area contributed by atoms with E-state index in [0.717, 1.165) is 0 Å². The van der Waals surface area contributed by atoms with E-state index in [2.05, 4.69) is 0 Å². The number of nitrogens with two attached hydrogens (primary N) is 1. The molecule has 0 unspecified atom stereocenters. The highest BCUT2D eigenvalue weighted by molar-refractivity contribution is 6.25. The fraction of sp³-hybridized carbons (Fsp3) is 0.367. The van der Waals surface area contributed by atoms with E-state index in [4.69, 9.17) is 15.2 Å². The van der Waals surface area contributed by atoms with Crippen LogP contribution in [0.1, 0.15) is 22.3 Å². The topological polar surface area (TPSA) is 183 Å². The summed E-state index contributed by atoms with van der Waals surface area (Å²) in [7, 11) is 6.79. The zero-order valence-electron chi connectivity index (χ0n) is 23.5. The van der Waals surface area contributed by atoms with Crippen molar-refractivity contribution in [2.24, 2.45) is 17.6 Å². The number of aliphatic hydroxyl groups is 3. The predicted molar refractivity (Wildman–Crippen MR) is 150 cm³/mol. The van der Waals surface area contributed by atoms with E-state index in [0.29, 0.717) is 33.9 Å². The Morgan fingerprint density at radius 3 is 2.38 bits per heavy atom. The Morgan fingerprint density at radius 1 is 1.05 bits per heavy atom. The van der Waals surface area contributed by atoms with Crippen LogP contribution in [0.5, 0.6) is 17.2 Å². The van der Waals surface area contributed by atoms with Crippen molar-refractivity contribution in [3.63, 3.8) is 0 Å². The number of hydrogen-bond acceptors (Lipinski definition) is 11. The number of primary amides is 1. The molecule has 1 amide bonds. The molecule has 1 heterocycles. The van der Waals surface area contributed by atoms with Crippen LogP contribution in [0.4, 0.5) is 5.69 Å². The summed E-state index contributed by atoms with van der Waals surface area (Å²) in [6.07, 6.45) is 0.209. The molecule has 0 saturated heterocycles. The van der Waals surface area contributed by atoms with Gasteiger partial charge in [-0.05, 0) is 62.2 Å². The molecular weight excluding hydrogens is 546 g/mol. The summed E-state index contributed by atoms with van der Waals surface area (Å²) in [4.78, 5) is 43.3. The number of amides is 1. The molecule has 12 heteroatoms. The molecule has 0 radical (unpaired) electrons. The highest BCUT2D eigenvalue weighted by Gasteiger charge is 2.63. The van der Waals surface area contributed by atoms with E-state index in [-0.39, 0.29) is 36.5 Å². The van der Waals surface area contributed by atoms with Gasteiger partial charge in [-0.2, -0.15) is 0 Å². The molecule has 0 aromatic heterocycles. The van der Waals surface area contributed by atoms with Crippen LogP contribution in [-0.4, -0.2) is 89.4 Å². The van der Waals surface area contributed by atoms with Crippen molar-refractivity contribution < 1.29 is 44.3 Å². The lowest BCUT2D eigenvalue weighted by molar-refractivity contribution is -0.148. The average molecular weight is 578 g/mol. The lowest BCUT2D eigenvalue weighted by atomic mass is 9.58. The van der Waals surface area contributed by atoms with Gasteiger partial charge in [0.25, 0.3) is 5.91 Å². The van der Waals surface area contributed by atoms with Crippen LogP contribution in [0, 0.1) is 11.8 Å². The fourth-order valence-corrected chi connectivity index (χ4v) is 6.98. The first kappa shape index (κ1) is 27.6. The fourth-order valence-electron chi connectivity index (χ4n) is 6.98. The quantitative estimate of drug-likeness (QED) is 0.333. The van der Waals surface area contributed by atoms with E-state index < -0.39 is 58.0 Å².